The molecule has 1 aliphatic heterocycles. The number of amides is 1. The van der Waals surface area contributed by atoms with Crippen LogP contribution in [0.1, 0.15) is 39.4 Å². The van der Waals surface area contributed by atoms with Gasteiger partial charge in [0.05, 0.1) is 11.3 Å². The first-order chi connectivity index (χ1) is 16.6. The third kappa shape index (κ3) is 5.64. The van der Waals surface area contributed by atoms with Crippen molar-refractivity contribution in [1.29, 1.82) is 0 Å². The van der Waals surface area contributed by atoms with Gasteiger partial charge in [0.1, 0.15) is 5.82 Å². The van der Waals surface area contributed by atoms with E-state index in [2.05, 4.69) is 10.3 Å². The lowest BCUT2D eigenvalue weighted by atomic mass is 9.85. The molecule has 0 spiro atoms. The van der Waals surface area contributed by atoms with E-state index < -0.39 is 27.7 Å². The summed E-state index contributed by atoms with van der Waals surface area (Å²) in [5.74, 6) is -2.01. The van der Waals surface area contributed by atoms with E-state index in [9.17, 15) is 22.4 Å². The zero-order valence-electron chi connectivity index (χ0n) is 18.4. The molecule has 1 atom stereocenters. The minimum absolute atomic E-state index is 0.0408. The Balaban J connectivity index is 1.75. The van der Waals surface area contributed by atoms with Gasteiger partial charge in [0, 0.05) is 40.5 Å². The van der Waals surface area contributed by atoms with Crippen molar-refractivity contribution in [3.05, 3.63) is 93.8 Å². The molecule has 0 aromatic heterocycles. The highest BCUT2D eigenvalue weighted by molar-refractivity contribution is 7.89. The monoisotopic (exact) mass is 513 g/mol. The van der Waals surface area contributed by atoms with Crippen LogP contribution in [0, 0.1) is 5.82 Å². The van der Waals surface area contributed by atoms with Gasteiger partial charge >= 0.3 is 0 Å². The predicted octanol–water partition coefficient (Wildman–Crippen LogP) is 4.10. The van der Waals surface area contributed by atoms with Gasteiger partial charge in [0.15, 0.2) is 5.78 Å². The third-order valence-electron chi connectivity index (χ3n) is 5.66. The van der Waals surface area contributed by atoms with Gasteiger partial charge in [-0.1, -0.05) is 29.8 Å². The molecule has 35 heavy (non-hydrogen) atoms. The molecule has 0 saturated heterocycles. The maximum atomic E-state index is 13.4. The molecule has 0 aliphatic carbocycles. The van der Waals surface area contributed by atoms with E-state index in [1.807, 2.05) is 0 Å². The standard InChI is InChI=1S/C25H21ClFN3O4S/c26-22-4-2-1-3-16(22)11-24(31)30-18-12-20-19(25(32)15-5-7-17(27)8-6-15)9-10-29-14-21(20)23(13-18)35(28,33)34/h1-8,12-14,19H,9-11H2,(H,30,31)(H2,28,33,34). The molecule has 4 rings (SSSR count). The molecule has 180 valence electrons. The molecule has 1 heterocycles. The fraction of sp³-hybridized carbons (Fsp3) is 0.160. The highest BCUT2D eigenvalue weighted by Crippen LogP contribution is 2.34. The normalized spacial score (nSPS) is 15.2. The quantitative estimate of drug-likeness (QED) is 0.482. The summed E-state index contributed by atoms with van der Waals surface area (Å²) in [6, 6.07) is 14.8. The number of fused-ring (bicyclic) bond motifs is 1. The van der Waals surface area contributed by atoms with Crippen molar-refractivity contribution in [2.45, 2.75) is 23.7 Å². The second-order valence-electron chi connectivity index (χ2n) is 8.09. The highest BCUT2D eigenvalue weighted by Gasteiger charge is 2.29. The van der Waals surface area contributed by atoms with Crippen molar-refractivity contribution < 1.29 is 22.4 Å². The number of nitrogens with one attached hydrogen (secondary N) is 1. The number of carbonyl (C=O) groups excluding carboxylic acids is 2. The van der Waals surface area contributed by atoms with Crippen LogP contribution in [0.3, 0.4) is 0 Å². The molecular weight excluding hydrogens is 493 g/mol. The lowest BCUT2D eigenvalue weighted by Gasteiger charge is -2.19. The Hall–Kier alpha value is -3.40. The lowest BCUT2D eigenvalue weighted by molar-refractivity contribution is -0.115. The number of primary sulfonamides is 1. The van der Waals surface area contributed by atoms with Crippen LogP contribution >= 0.6 is 11.6 Å². The molecule has 3 N–H and O–H groups in total. The van der Waals surface area contributed by atoms with E-state index in [1.165, 1.54) is 36.5 Å². The molecule has 7 nitrogen and oxygen atoms in total. The Morgan fingerprint density at radius 3 is 2.51 bits per heavy atom. The minimum Gasteiger partial charge on any atom is -0.326 e. The Labute approximate surface area is 206 Å². The average Bonchev–Trinajstić information content (AvgIpc) is 3.02. The van der Waals surface area contributed by atoms with Crippen LogP contribution in [-0.2, 0) is 21.2 Å². The smallest absolute Gasteiger partial charge is 0.238 e. The SMILES string of the molecule is NS(=O)(=O)c1cc(NC(=O)Cc2ccccc2Cl)cc2c1C=NCCC2C(=O)c1ccc(F)cc1. The highest BCUT2D eigenvalue weighted by atomic mass is 35.5. The molecule has 1 aliphatic rings. The number of ketones is 1. The number of nitrogens with two attached hydrogens (primary N) is 1. The summed E-state index contributed by atoms with van der Waals surface area (Å²) >= 11 is 6.14. The average molecular weight is 514 g/mol. The summed E-state index contributed by atoms with van der Waals surface area (Å²) in [6.07, 6.45) is 1.63. The number of rotatable bonds is 6. The van der Waals surface area contributed by atoms with Crippen molar-refractivity contribution in [3.8, 4) is 0 Å². The third-order valence-corrected chi connectivity index (χ3v) is 6.98. The van der Waals surface area contributed by atoms with E-state index in [0.717, 1.165) is 0 Å². The van der Waals surface area contributed by atoms with E-state index in [4.69, 9.17) is 16.7 Å². The molecule has 1 unspecified atom stereocenters. The molecule has 10 heteroatoms. The maximum Gasteiger partial charge on any atom is 0.238 e. The van der Waals surface area contributed by atoms with E-state index in [0.29, 0.717) is 22.6 Å². The molecule has 0 fully saturated rings. The lowest BCUT2D eigenvalue weighted by Crippen LogP contribution is -2.21. The minimum atomic E-state index is -4.23. The van der Waals surface area contributed by atoms with Gasteiger partial charge in [-0.05, 0) is 60.0 Å². The molecule has 3 aromatic rings. The number of sulfonamides is 1. The van der Waals surface area contributed by atoms with Crippen molar-refractivity contribution in [2.24, 2.45) is 10.1 Å². The Morgan fingerprint density at radius 2 is 1.83 bits per heavy atom. The van der Waals surface area contributed by atoms with Crippen LogP contribution in [0.25, 0.3) is 0 Å². The maximum absolute atomic E-state index is 13.4. The van der Waals surface area contributed by atoms with Crippen molar-refractivity contribution in [1.82, 2.24) is 0 Å². The van der Waals surface area contributed by atoms with Crippen molar-refractivity contribution in [3.63, 3.8) is 0 Å². The number of carbonyl (C=O) groups is 2. The van der Waals surface area contributed by atoms with Gasteiger partial charge in [0.2, 0.25) is 15.9 Å². The first kappa shape index (κ1) is 24.7. The fourth-order valence-corrected chi connectivity index (χ4v) is 4.98. The number of hydrogen-bond acceptors (Lipinski definition) is 5. The van der Waals surface area contributed by atoms with Crippen LogP contribution in [0.15, 0.2) is 70.6 Å². The summed E-state index contributed by atoms with van der Waals surface area (Å²) in [4.78, 5) is 30.0. The van der Waals surface area contributed by atoms with Gasteiger partial charge in [0.25, 0.3) is 0 Å². The number of halogens is 2. The Morgan fingerprint density at radius 1 is 1.11 bits per heavy atom. The molecule has 0 radical (unpaired) electrons. The van der Waals surface area contributed by atoms with Crippen LogP contribution in [0.5, 0.6) is 0 Å². The first-order valence-corrected chi connectivity index (χ1v) is 12.6. The van der Waals surface area contributed by atoms with E-state index in [-0.39, 0.29) is 40.5 Å². The Bertz CT molecular complexity index is 1440. The van der Waals surface area contributed by atoms with Crippen molar-refractivity contribution >= 4 is 45.2 Å². The van der Waals surface area contributed by atoms with Crippen molar-refractivity contribution in [2.75, 3.05) is 11.9 Å². The second-order valence-corrected chi connectivity index (χ2v) is 10.0. The van der Waals surface area contributed by atoms with Gasteiger partial charge in [-0.25, -0.2) is 17.9 Å². The molecular formula is C25H21ClFN3O4S. The number of benzene rings is 3. The topological polar surface area (TPSA) is 119 Å². The molecule has 0 bridgehead atoms. The summed E-state index contributed by atoms with van der Waals surface area (Å²) in [7, 11) is -4.23. The fourth-order valence-electron chi connectivity index (χ4n) is 4.00. The van der Waals surface area contributed by atoms with E-state index in [1.54, 1.807) is 30.3 Å². The number of aliphatic imine (C=N–C) groups is 1. The summed E-state index contributed by atoms with van der Waals surface area (Å²) in [6.45, 7) is 0.268. The van der Waals surface area contributed by atoms with Crippen LogP contribution in [0.4, 0.5) is 10.1 Å². The zero-order valence-corrected chi connectivity index (χ0v) is 19.9. The van der Waals surface area contributed by atoms with Gasteiger partial charge in [-0.3, -0.25) is 14.6 Å². The van der Waals surface area contributed by atoms with Gasteiger partial charge in [-0.2, -0.15) is 0 Å². The zero-order chi connectivity index (χ0) is 25.2. The molecule has 0 saturated carbocycles. The number of Topliss-reactive ketones (excluding diaryl/α,β-unsaturated/α-hetero) is 1. The summed E-state index contributed by atoms with van der Waals surface area (Å²) < 4.78 is 38.2. The molecule has 3 aromatic carbocycles. The first-order valence-electron chi connectivity index (χ1n) is 10.7. The largest absolute Gasteiger partial charge is 0.326 e. The number of anilines is 1. The summed E-state index contributed by atoms with van der Waals surface area (Å²) in [5, 5.41) is 8.59. The predicted molar refractivity (Wildman–Crippen MR) is 132 cm³/mol. The number of nitrogens with zero attached hydrogens (tertiary/aromatic N) is 1. The van der Waals surface area contributed by atoms with E-state index >= 15 is 0 Å². The van der Waals surface area contributed by atoms with Gasteiger partial charge in [-0.15, -0.1) is 0 Å². The Kier molecular flexibility index (Phi) is 7.11. The van der Waals surface area contributed by atoms with Crippen LogP contribution in [-0.4, -0.2) is 32.9 Å². The summed E-state index contributed by atoms with van der Waals surface area (Å²) in [5.41, 5.74) is 1.59. The second kappa shape index (κ2) is 10.1. The number of hydrogen-bond donors (Lipinski definition) is 2. The van der Waals surface area contributed by atoms with Crippen LogP contribution < -0.4 is 10.5 Å². The van der Waals surface area contributed by atoms with Gasteiger partial charge < -0.3 is 5.32 Å². The molecule has 1 amide bonds. The van der Waals surface area contributed by atoms with Crippen LogP contribution in [0.2, 0.25) is 5.02 Å².